The summed E-state index contributed by atoms with van der Waals surface area (Å²) >= 11 is 0. The van der Waals surface area contributed by atoms with E-state index >= 15 is 0 Å². The van der Waals surface area contributed by atoms with Crippen molar-refractivity contribution < 1.29 is 37.6 Å². The van der Waals surface area contributed by atoms with E-state index in [-0.39, 0.29) is 32.0 Å². The highest BCUT2D eigenvalue weighted by molar-refractivity contribution is 7.47. The molecular weight excluding hydrogens is 677 g/mol. The van der Waals surface area contributed by atoms with Crippen LogP contribution < -0.4 is 0 Å². The molecule has 0 fully saturated rings. The number of unbranched alkanes of at least 4 members (excludes halogenated alkanes) is 15. The molecule has 0 spiro atoms. The van der Waals surface area contributed by atoms with Crippen LogP contribution in [0, 0.1) is 0 Å². The number of phosphoric acid groups is 1. The van der Waals surface area contributed by atoms with Crippen LogP contribution in [0.2, 0.25) is 0 Å². The highest BCUT2D eigenvalue weighted by Gasteiger charge is 2.26. The van der Waals surface area contributed by atoms with E-state index in [1.165, 1.54) is 57.8 Å². The van der Waals surface area contributed by atoms with E-state index in [1.54, 1.807) is 0 Å². The molecule has 0 heterocycles. The number of carbonyl (C=O) groups excluding carboxylic acids is 2. The van der Waals surface area contributed by atoms with Gasteiger partial charge in [-0.2, -0.15) is 0 Å². The van der Waals surface area contributed by atoms with Gasteiger partial charge >= 0.3 is 19.8 Å². The first-order valence-corrected chi connectivity index (χ1v) is 21.9. The van der Waals surface area contributed by atoms with Crippen LogP contribution in [0.5, 0.6) is 0 Å². The second-order valence-corrected chi connectivity index (χ2v) is 15.2. The van der Waals surface area contributed by atoms with E-state index in [0.29, 0.717) is 13.0 Å². The molecule has 2 unspecified atom stereocenters. The monoisotopic (exact) mass is 754 g/mol. The number of ether oxygens (including phenoxy) is 2. The van der Waals surface area contributed by atoms with Crippen LogP contribution in [0.1, 0.15) is 162 Å². The second-order valence-electron chi connectivity index (χ2n) is 13.8. The van der Waals surface area contributed by atoms with E-state index in [9.17, 15) is 19.0 Å². The van der Waals surface area contributed by atoms with E-state index < -0.39 is 26.5 Å². The molecule has 0 aromatic carbocycles. The summed E-state index contributed by atoms with van der Waals surface area (Å²) in [4.78, 5) is 36.9. The maximum absolute atomic E-state index is 12.6. The Kier molecular flexibility index (Phi) is 35.8. The van der Waals surface area contributed by atoms with Gasteiger partial charge in [0.2, 0.25) is 0 Å². The van der Waals surface area contributed by atoms with Crippen LogP contribution in [0.25, 0.3) is 0 Å². The first kappa shape index (κ1) is 50.0. The lowest BCUT2D eigenvalue weighted by atomic mass is 10.0. The molecule has 2 atom stereocenters. The van der Waals surface area contributed by atoms with E-state index in [1.807, 2.05) is 19.0 Å². The zero-order valence-corrected chi connectivity index (χ0v) is 34.4. The average Bonchev–Trinajstić information content (AvgIpc) is 3.11. The Labute approximate surface area is 318 Å². The van der Waals surface area contributed by atoms with Crippen molar-refractivity contribution in [3.8, 4) is 0 Å². The normalized spacial score (nSPS) is 14.0. The van der Waals surface area contributed by atoms with Crippen molar-refractivity contribution in [1.29, 1.82) is 0 Å². The number of hydrogen-bond acceptors (Lipinski definition) is 8. The maximum Gasteiger partial charge on any atom is 0.472 e. The van der Waals surface area contributed by atoms with Gasteiger partial charge in [0.25, 0.3) is 0 Å². The predicted octanol–water partition coefficient (Wildman–Crippen LogP) is 11.4. The summed E-state index contributed by atoms with van der Waals surface area (Å²) in [5, 5.41) is 0. The fourth-order valence-electron chi connectivity index (χ4n) is 5.27. The van der Waals surface area contributed by atoms with Crippen molar-refractivity contribution in [2.75, 3.05) is 40.5 Å². The minimum Gasteiger partial charge on any atom is -0.462 e. The lowest BCUT2D eigenvalue weighted by molar-refractivity contribution is -0.161. The van der Waals surface area contributed by atoms with Gasteiger partial charge in [0.1, 0.15) is 6.61 Å². The SMILES string of the molecule is CC/C=C\C/C=C\C/C=C\C/C=C\CCCCCCC(=O)OC(COC(=O)CCCCCCCCCCCCCC)COP(=O)(O)OCCN(C)C. The molecule has 0 amide bonds. The van der Waals surface area contributed by atoms with Crippen LogP contribution in [0.4, 0.5) is 0 Å². The van der Waals surface area contributed by atoms with Crippen molar-refractivity contribution in [3.63, 3.8) is 0 Å². The second kappa shape index (κ2) is 37.3. The number of esters is 2. The first-order chi connectivity index (χ1) is 25.2. The predicted molar refractivity (Wildman–Crippen MR) is 215 cm³/mol. The first-order valence-electron chi connectivity index (χ1n) is 20.4. The van der Waals surface area contributed by atoms with E-state index in [0.717, 1.165) is 70.6 Å². The fourth-order valence-corrected chi connectivity index (χ4v) is 6.01. The Balaban J connectivity index is 4.38. The number of rotatable bonds is 37. The Morgan fingerprint density at radius 1 is 0.615 bits per heavy atom. The minimum absolute atomic E-state index is 0.00154. The largest absolute Gasteiger partial charge is 0.472 e. The quantitative estimate of drug-likeness (QED) is 0.0287. The molecule has 0 aromatic rings. The molecule has 0 bridgehead atoms. The third kappa shape index (κ3) is 37.7. The molecule has 0 aliphatic rings. The third-order valence-electron chi connectivity index (χ3n) is 8.40. The molecule has 0 aliphatic heterocycles. The van der Waals surface area contributed by atoms with Crippen LogP contribution in [-0.2, 0) is 32.7 Å². The van der Waals surface area contributed by atoms with E-state index in [4.69, 9.17) is 18.5 Å². The molecule has 10 heteroatoms. The smallest absolute Gasteiger partial charge is 0.462 e. The number of hydrogen-bond donors (Lipinski definition) is 1. The molecule has 0 saturated carbocycles. The van der Waals surface area contributed by atoms with E-state index in [2.05, 4.69) is 62.5 Å². The Hall–Kier alpha value is -2.03. The van der Waals surface area contributed by atoms with Crippen LogP contribution in [0.3, 0.4) is 0 Å². The molecule has 0 radical (unpaired) electrons. The van der Waals surface area contributed by atoms with Gasteiger partial charge in [-0.1, -0.05) is 146 Å². The lowest BCUT2D eigenvalue weighted by Gasteiger charge is -2.20. The average molecular weight is 754 g/mol. The summed E-state index contributed by atoms with van der Waals surface area (Å²) in [5.74, 6) is -0.832. The topological polar surface area (TPSA) is 112 Å². The lowest BCUT2D eigenvalue weighted by Crippen LogP contribution is -2.29. The summed E-state index contributed by atoms with van der Waals surface area (Å²) in [5.41, 5.74) is 0. The van der Waals surface area contributed by atoms with Gasteiger partial charge in [-0.3, -0.25) is 18.6 Å². The van der Waals surface area contributed by atoms with Gasteiger partial charge in [-0.15, -0.1) is 0 Å². The summed E-state index contributed by atoms with van der Waals surface area (Å²) in [6.45, 7) is 4.16. The number of phosphoric ester groups is 1. The van der Waals surface area contributed by atoms with Crippen molar-refractivity contribution in [2.24, 2.45) is 0 Å². The molecule has 52 heavy (non-hydrogen) atoms. The maximum atomic E-state index is 12.6. The molecular formula is C42H76NO8P. The summed E-state index contributed by atoms with van der Waals surface area (Å²) in [6.07, 6.45) is 40.1. The standard InChI is InChI=1S/C42H76NO8P/c1-5-7-9-11-13-15-17-19-20-21-22-23-25-27-29-31-33-35-42(45)51-40(39-50-52(46,47)49-37-36-43(3)4)38-48-41(44)34-32-30-28-26-24-18-16-14-12-10-8-6-2/h7,9,13,15,19-20,22-23,40H,5-6,8,10-12,14,16-18,21,24-39H2,1-4H3,(H,46,47)/b9-7-,15-13-,20-19-,23-22-. The zero-order valence-electron chi connectivity index (χ0n) is 33.5. The van der Waals surface area contributed by atoms with Crippen LogP contribution in [-0.4, -0.2) is 68.3 Å². The van der Waals surface area contributed by atoms with Crippen molar-refractivity contribution in [3.05, 3.63) is 48.6 Å². The molecule has 9 nitrogen and oxygen atoms in total. The van der Waals surface area contributed by atoms with Gasteiger partial charge in [0, 0.05) is 19.4 Å². The summed E-state index contributed by atoms with van der Waals surface area (Å²) in [6, 6.07) is 0. The number of nitrogens with zero attached hydrogens (tertiary/aromatic N) is 1. The van der Waals surface area contributed by atoms with Crippen molar-refractivity contribution in [2.45, 2.75) is 168 Å². The zero-order chi connectivity index (χ0) is 38.4. The fraction of sp³-hybridized carbons (Fsp3) is 0.762. The third-order valence-corrected chi connectivity index (χ3v) is 9.38. The van der Waals surface area contributed by atoms with Crippen molar-refractivity contribution >= 4 is 19.8 Å². The molecule has 0 rings (SSSR count). The number of allylic oxidation sites excluding steroid dienone is 8. The molecule has 0 aliphatic carbocycles. The van der Waals surface area contributed by atoms with Gasteiger partial charge in [-0.25, -0.2) is 4.57 Å². The number of carbonyl (C=O) groups is 2. The summed E-state index contributed by atoms with van der Waals surface area (Å²) in [7, 11) is -0.726. The molecule has 0 aromatic heterocycles. The van der Waals surface area contributed by atoms with Crippen LogP contribution >= 0.6 is 7.82 Å². The van der Waals surface area contributed by atoms with Gasteiger partial charge in [0.05, 0.1) is 13.2 Å². The Morgan fingerprint density at radius 2 is 1.10 bits per heavy atom. The Bertz CT molecular complexity index is 1010. The van der Waals surface area contributed by atoms with Gasteiger partial charge in [0.15, 0.2) is 6.10 Å². The minimum atomic E-state index is -4.36. The van der Waals surface area contributed by atoms with Crippen LogP contribution in [0.15, 0.2) is 48.6 Å². The Morgan fingerprint density at radius 3 is 1.63 bits per heavy atom. The molecule has 302 valence electrons. The molecule has 1 N–H and O–H groups in total. The highest BCUT2D eigenvalue weighted by Crippen LogP contribution is 2.43. The summed E-state index contributed by atoms with van der Waals surface area (Å²) < 4.78 is 33.4. The number of likely N-dealkylation sites (N-methyl/N-ethyl adjacent to an activating group) is 1. The van der Waals surface area contributed by atoms with Gasteiger partial charge in [-0.05, 0) is 65.5 Å². The van der Waals surface area contributed by atoms with Crippen molar-refractivity contribution in [1.82, 2.24) is 4.90 Å². The highest BCUT2D eigenvalue weighted by atomic mass is 31.2. The molecule has 0 saturated heterocycles. The van der Waals surface area contributed by atoms with Gasteiger partial charge < -0.3 is 19.3 Å².